The number of nitrogens with one attached hydrogen (secondary N) is 1. The van der Waals surface area contributed by atoms with Gasteiger partial charge in [-0.15, -0.1) is 0 Å². The van der Waals surface area contributed by atoms with E-state index in [9.17, 15) is 4.79 Å². The number of hydrogen-bond acceptors (Lipinski definition) is 4. The van der Waals surface area contributed by atoms with Crippen LogP contribution in [0.15, 0.2) is 24.3 Å². The number of carbonyl (C=O) groups excluding carboxylic acids is 1. The molecule has 0 aliphatic carbocycles. The van der Waals surface area contributed by atoms with E-state index in [2.05, 4.69) is 5.32 Å². The smallest absolute Gasteiger partial charge is 0.309 e. The fourth-order valence-electron chi connectivity index (χ4n) is 2.49. The summed E-state index contributed by atoms with van der Waals surface area (Å²) in [6.45, 7) is 1.68. The van der Waals surface area contributed by atoms with E-state index >= 15 is 0 Å². The standard InChI is InChI=1S/C14H19NO3/c1-17-11-5-3-10(4-6-11)13-9-15-8-7-12(13)14(16)18-2/h3-6,12-13,15H,7-9H2,1-2H3. The lowest BCUT2D eigenvalue weighted by Gasteiger charge is -2.30. The molecule has 1 heterocycles. The molecule has 18 heavy (non-hydrogen) atoms. The molecular weight excluding hydrogens is 230 g/mol. The van der Waals surface area contributed by atoms with Crippen molar-refractivity contribution < 1.29 is 14.3 Å². The molecule has 0 aromatic heterocycles. The maximum absolute atomic E-state index is 11.8. The number of hydrogen-bond donors (Lipinski definition) is 1. The zero-order valence-corrected chi connectivity index (χ0v) is 10.8. The number of benzene rings is 1. The van der Waals surface area contributed by atoms with Gasteiger partial charge in [0.05, 0.1) is 20.1 Å². The first-order valence-electron chi connectivity index (χ1n) is 6.18. The van der Waals surface area contributed by atoms with Crippen LogP contribution in [0.2, 0.25) is 0 Å². The van der Waals surface area contributed by atoms with E-state index in [0.29, 0.717) is 0 Å². The van der Waals surface area contributed by atoms with E-state index in [1.807, 2.05) is 24.3 Å². The highest BCUT2D eigenvalue weighted by Gasteiger charge is 2.32. The number of carbonyl (C=O) groups is 1. The molecular formula is C14H19NO3. The summed E-state index contributed by atoms with van der Waals surface area (Å²) in [7, 11) is 3.10. The van der Waals surface area contributed by atoms with Crippen LogP contribution in [0, 0.1) is 5.92 Å². The van der Waals surface area contributed by atoms with Gasteiger partial charge in [0.1, 0.15) is 5.75 Å². The van der Waals surface area contributed by atoms with Crippen molar-refractivity contribution in [3.63, 3.8) is 0 Å². The molecule has 1 aromatic carbocycles. The van der Waals surface area contributed by atoms with Crippen molar-refractivity contribution in [3.8, 4) is 5.75 Å². The zero-order chi connectivity index (χ0) is 13.0. The lowest BCUT2D eigenvalue weighted by molar-refractivity contribution is -0.147. The summed E-state index contributed by atoms with van der Waals surface area (Å²) in [5, 5.41) is 3.33. The van der Waals surface area contributed by atoms with Crippen LogP contribution < -0.4 is 10.1 Å². The Morgan fingerprint density at radius 1 is 1.28 bits per heavy atom. The van der Waals surface area contributed by atoms with Crippen LogP contribution in [-0.2, 0) is 9.53 Å². The maximum atomic E-state index is 11.8. The average molecular weight is 249 g/mol. The van der Waals surface area contributed by atoms with Crippen LogP contribution >= 0.6 is 0 Å². The number of rotatable bonds is 3. The summed E-state index contributed by atoms with van der Waals surface area (Å²) >= 11 is 0. The molecule has 4 nitrogen and oxygen atoms in total. The van der Waals surface area contributed by atoms with Crippen LogP contribution in [0.5, 0.6) is 5.75 Å². The minimum Gasteiger partial charge on any atom is -0.497 e. The average Bonchev–Trinajstić information content (AvgIpc) is 2.46. The van der Waals surface area contributed by atoms with Crippen LogP contribution in [0.1, 0.15) is 17.9 Å². The van der Waals surface area contributed by atoms with Gasteiger partial charge >= 0.3 is 5.97 Å². The van der Waals surface area contributed by atoms with Gasteiger partial charge in [-0.1, -0.05) is 12.1 Å². The van der Waals surface area contributed by atoms with E-state index in [1.165, 1.54) is 7.11 Å². The van der Waals surface area contributed by atoms with Crippen LogP contribution in [0.25, 0.3) is 0 Å². The van der Waals surface area contributed by atoms with Gasteiger partial charge < -0.3 is 14.8 Å². The summed E-state index contributed by atoms with van der Waals surface area (Å²) < 4.78 is 10.0. The highest BCUT2D eigenvalue weighted by Crippen LogP contribution is 2.31. The molecule has 1 fully saturated rings. The Morgan fingerprint density at radius 2 is 2.00 bits per heavy atom. The van der Waals surface area contributed by atoms with Gasteiger partial charge in [-0.2, -0.15) is 0 Å². The summed E-state index contributed by atoms with van der Waals surface area (Å²) in [5.74, 6) is 0.844. The van der Waals surface area contributed by atoms with E-state index in [0.717, 1.165) is 30.8 Å². The van der Waals surface area contributed by atoms with Crippen LogP contribution in [0.4, 0.5) is 0 Å². The second-order valence-corrected chi connectivity index (χ2v) is 4.50. The van der Waals surface area contributed by atoms with Gasteiger partial charge in [0, 0.05) is 12.5 Å². The summed E-state index contributed by atoms with van der Waals surface area (Å²) in [6.07, 6.45) is 0.823. The second-order valence-electron chi connectivity index (χ2n) is 4.50. The molecule has 98 valence electrons. The van der Waals surface area contributed by atoms with Crippen molar-refractivity contribution >= 4 is 5.97 Å². The number of ether oxygens (including phenoxy) is 2. The van der Waals surface area contributed by atoms with Gasteiger partial charge in [0.2, 0.25) is 0 Å². The quantitative estimate of drug-likeness (QED) is 0.826. The fourth-order valence-corrected chi connectivity index (χ4v) is 2.49. The van der Waals surface area contributed by atoms with Gasteiger partial charge in [-0.25, -0.2) is 0 Å². The van der Waals surface area contributed by atoms with Crippen molar-refractivity contribution in [1.82, 2.24) is 5.32 Å². The maximum Gasteiger partial charge on any atom is 0.309 e. The fraction of sp³-hybridized carbons (Fsp3) is 0.500. The highest BCUT2D eigenvalue weighted by molar-refractivity contribution is 5.73. The van der Waals surface area contributed by atoms with Crippen LogP contribution in [0.3, 0.4) is 0 Å². The van der Waals surface area contributed by atoms with Crippen molar-refractivity contribution in [3.05, 3.63) is 29.8 Å². The Balaban J connectivity index is 2.19. The Morgan fingerprint density at radius 3 is 2.61 bits per heavy atom. The number of piperidine rings is 1. The molecule has 2 rings (SSSR count). The third-order valence-electron chi connectivity index (χ3n) is 3.53. The van der Waals surface area contributed by atoms with Gasteiger partial charge in [0.15, 0.2) is 0 Å². The topological polar surface area (TPSA) is 47.6 Å². The van der Waals surface area contributed by atoms with Crippen LogP contribution in [-0.4, -0.2) is 33.3 Å². The first-order chi connectivity index (χ1) is 8.76. The molecule has 4 heteroatoms. The van der Waals surface area contributed by atoms with E-state index in [-0.39, 0.29) is 17.8 Å². The minimum absolute atomic E-state index is 0.0513. The van der Waals surface area contributed by atoms with Gasteiger partial charge in [-0.05, 0) is 30.7 Å². The summed E-state index contributed by atoms with van der Waals surface area (Å²) in [4.78, 5) is 11.8. The van der Waals surface area contributed by atoms with Gasteiger partial charge in [-0.3, -0.25) is 4.79 Å². The third kappa shape index (κ3) is 2.64. The van der Waals surface area contributed by atoms with Gasteiger partial charge in [0.25, 0.3) is 0 Å². The number of esters is 1. The lowest BCUT2D eigenvalue weighted by Crippen LogP contribution is -2.39. The molecule has 0 saturated carbocycles. The summed E-state index contributed by atoms with van der Waals surface area (Å²) in [5.41, 5.74) is 1.15. The zero-order valence-electron chi connectivity index (χ0n) is 10.8. The van der Waals surface area contributed by atoms with E-state index < -0.39 is 0 Å². The molecule has 0 radical (unpaired) electrons. The molecule has 0 bridgehead atoms. The van der Waals surface area contributed by atoms with Crippen molar-refractivity contribution in [2.75, 3.05) is 27.3 Å². The largest absolute Gasteiger partial charge is 0.497 e. The molecule has 0 spiro atoms. The Labute approximate surface area is 107 Å². The van der Waals surface area contributed by atoms with Crippen molar-refractivity contribution in [2.24, 2.45) is 5.92 Å². The molecule has 1 aliphatic heterocycles. The second kappa shape index (κ2) is 5.87. The Kier molecular flexibility index (Phi) is 4.20. The first kappa shape index (κ1) is 12.9. The van der Waals surface area contributed by atoms with Crippen molar-refractivity contribution in [1.29, 1.82) is 0 Å². The normalized spacial score (nSPS) is 23.4. The number of methoxy groups -OCH3 is 2. The predicted octanol–water partition coefficient (Wildman–Crippen LogP) is 1.56. The molecule has 2 atom stereocenters. The first-order valence-corrected chi connectivity index (χ1v) is 6.18. The minimum atomic E-state index is -0.114. The molecule has 0 amide bonds. The van der Waals surface area contributed by atoms with E-state index in [4.69, 9.17) is 9.47 Å². The summed E-state index contributed by atoms with van der Waals surface area (Å²) in [6, 6.07) is 7.90. The monoisotopic (exact) mass is 249 g/mol. The molecule has 1 N–H and O–H groups in total. The highest BCUT2D eigenvalue weighted by atomic mass is 16.5. The SMILES string of the molecule is COC(=O)C1CCNCC1c1ccc(OC)cc1. The van der Waals surface area contributed by atoms with E-state index in [1.54, 1.807) is 7.11 Å². The molecule has 1 aromatic rings. The lowest BCUT2D eigenvalue weighted by atomic mass is 9.81. The Bertz CT molecular complexity index is 402. The predicted molar refractivity (Wildman–Crippen MR) is 68.7 cm³/mol. The Hall–Kier alpha value is -1.55. The van der Waals surface area contributed by atoms with Crippen molar-refractivity contribution in [2.45, 2.75) is 12.3 Å². The molecule has 1 aliphatic rings. The molecule has 2 unspecified atom stereocenters. The molecule has 1 saturated heterocycles. The third-order valence-corrected chi connectivity index (χ3v) is 3.53.